The van der Waals surface area contributed by atoms with E-state index in [1.54, 1.807) is 0 Å². The van der Waals surface area contributed by atoms with Crippen LogP contribution in [0.15, 0.2) is 48.7 Å². The first-order valence-electron chi connectivity index (χ1n) is 13.0. The van der Waals surface area contributed by atoms with Crippen molar-refractivity contribution < 1.29 is 9.53 Å². The zero-order chi connectivity index (χ0) is 26.8. The van der Waals surface area contributed by atoms with E-state index in [4.69, 9.17) is 9.72 Å². The summed E-state index contributed by atoms with van der Waals surface area (Å²) in [6.45, 7) is 6.82. The largest absolute Gasteiger partial charge is 0.477 e. The van der Waals surface area contributed by atoms with E-state index in [9.17, 15) is 4.79 Å². The van der Waals surface area contributed by atoms with Crippen molar-refractivity contribution in [3.8, 4) is 17.1 Å². The fraction of sp³-hybridized carbons (Fsp3) is 0.345. The maximum absolute atomic E-state index is 12.0. The Morgan fingerprint density at radius 2 is 1.95 bits per heavy atom. The molecule has 9 heteroatoms. The standard InChI is InChI=1S/C29H35N7O2/c1-6-36(15-14-34(3)4)26-12-11-20(17-24(26)30-19(2)37)31-29-32-27(22-13-16-38-28(22)33-29)23-18-35(5)25-10-8-7-9-21(23)25/h7-12,17-18H,6,13-16H2,1-5H3,(H,30,37)(H,31,32,33). The molecule has 5 rings (SSSR count). The molecule has 198 valence electrons. The van der Waals surface area contributed by atoms with Gasteiger partial charge < -0.3 is 29.7 Å². The van der Waals surface area contributed by atoms with Crippen LogP contribution in [-0.4, -0.2) is 65.7 Å². The summed E-state index contributed by atoms with van der Waals surface area (Å²) >= 11 is 0. The van der Waals surface area contributed by atoms with Gasteiger partial charge >= 0.3 is 0 Å². The van der Waals surface area contributed by atoms with Crippen LogP contribution < -0.4 is 20.3 Å². The van der Waals surface area contributed by atoms with Gasteiger partial charge in [-0.25, -0.2) is 4.98 Å². The number of aromatic nitrogens is 3. The van der Waals surface area contributed by atoms with Crippen molar-refractivity contribution >= 4 is 39.8 Å². The third-order valence-electron chi connectivity index (χ3n) is 6.82. The molecule has 3 heterocycles. The fourth-order valence-corrected chi connectivity index (χ4v) is 4.94. The van der Waals surface area contributed by atoms with Gasteiger partial charge in [0.2, 0.25) is 17.7 Å². The number of nitrogens with zero attached hydrogens (tertiary/aromatic N) is 5. The number of carbonyl (C=O) groups is 1. The van der Waals surface area contributed by atoms with E-state index in [-0.39, 0.29) is 5.91 Å². The Labute approximate surface area is 223 Å². The normalized spacial score (nSPS) is 12.5. The second kappa shape index (κ2) is 10.7. The summed E-state index contributed by atoms with van der Waals surface area (Å²) in [5, 5.41) is 7.50. The van der Waals surface area contributed by atoms with E-state index < -0.39 is 0 Å². The number of amides is 1. The highest BCUT2D eigenvalue weighted by molar-refractivity contribution is 5.96. The molecule has 0 saturated carbocycles. The van der Waals surface area contributed by atoms with Crippen LogP contribution in [-0.2, 0) is 18.3 Å². The molecule has 0 aliphatic carbocycles. The van der Waals surface area contributed by atoms with Crippen LogP contribution in [0.25, 0.3) is 22.2 Å². The van der Waals surface area contributed by atoms with Gasteiger partial charge in [0.05, 0.1) is 23.7 Å². The average molecular weight is 514 g/mol. The van der Waals surface area contributed by atoms with Crippen molar-refractivity contribution in [3.63, 3.8) is 0 Å². The first-order chi connectivity index (χ1) is 18.3. The van der Waals surface area contributed by atoms with Crippen LogP contribution in [0.2, 0.25) is 0 Å². The summed E-state index contributed by atoms with van der Waals surface area (Å²) in [4.78, 5) is 26.1. The van der Waals surface area contributed by atoms with Gasteiger partial charge in [0.15, 0.2) is 0 Å². The molecule has 0 fully saturated rings. The van der Waals surface area contributed by atoms with Crippen molar-refractivity contribution in [2.45, 2.75) is 20.3 Å². The monoisotopic (exact) mass is 513 g/mol. The maximum Gasteiger partial charge on any atom is 0.231 e. The molecule has 1 amide bonds. The third-order valence-corrected chi connectivity index (χ3v) is 6.82. The summed E-state index contributed by atoms with van der Waals surface area (Å²) < 4.78 is 8.00. The van der Waals surface area contributed by atoms with Crippen LogP contribution >= 0.6 is 0 Å². The number of anilines is 4. The molecule has 1 aliphatic heterocycles. The summed E-state index contributed by atoms with van der Waals surface area (Å²) in [7, 11) is 6.16. The number of para-hydroxylation sites is 1. The topological polar surface area (TPSA) is 87.6 Å². The van der Waals surface area contributed by atoms with Crippen molar-refractivity contribution in [1.82, 2.24) is 19.4 Å². The lowest BCUT2D eigenvalue weighted by Crippen LogP contribution is -2.32. The van der Waals surface area contributed by atoms with E-state index >= 15 is 0 Å². The Hall–Kier alpha value is -4.11. The Morgan fingerprint density at radius 3 is 2.71 bits per heavy atom. The molecule has 0 spiro atoms. The maximum atomic E-state index is 12.0. The van der Waals surface area contributed by atoms with Gasteiger partial charge in [-0.15, -0.1) is 0 Å². The molecule has 38 heavy (non-hydrogen) atoms. The number of hydrogen-bond acceptors (Lipinski definition) is 7. The summed E-state index contributed by atoms with van der Waals surface area (Å²) in [6, 6.07) is 14.3. The van der Waals surface area contributed by atoms with E-state index in [2.05, 4.69) is 69.3 Å². The van der Waals surface area contributed by atoms with Gasteiger partial charge in [-0.05, 0) is 45.3 Å². The molecule has 2 aromatic carbocycles. The van der Waals surface area contributed by atoms with Crippen LogP contribution in [0.4, 0.5) is 23.0 Å². The van der Waals surface area contributed by atoms with Crippen LogP contribution in [0.1, 0.15) is 19.4 Å². The van der Waals surface area contributed by atoms with Crippen molar-refractivity contribution in [2.24, 2.45) is 7.05 Å². The Bertz CT molecular complexity index is 1480. The van der Waals surface area contributed by atoms with Gasteiger partial charge in [0.25, 0.3) is 0 Å². The molecule has 9 nitrogen and oxygen atoms in total. The van der Waals surface area contributed by atoms with Gasteiger partial charge in [0, 0.05) is 73.9 Å². The minimum atomic E-state index is -0.118. The molecular formula is C29H35N7O2. The minimum absolute atomic E-state index is 0.118. The van der Waals surface area contributed by atoms with Crippen molar-refractivity contribution in [2.75, 3.05) is 55.9 Å². The summed E-state index contributed by atoms with van der Waals surface area (Å²) in [5.41, 5.74) is 6.62. The second-order valence-corrected chi connectivity index (χ2v) is 9.87. The highest BCUT2D eigenvalue weighted by Crippen LogP contribution is 2.38. The summed E-state index contributed by atoms with van der Waals surface area (Å²) in [5.74, 6) is 0.951. The molecule has 1 aliphatic rings. The van der Waals surface area contributed by atoms with E-state index in [0.29, 0.717) is 18.4 Å². The molecule has 4 aromatic rings. The van der Waals surface area contributed by atoms with Crippen LogP contribution in [0.5, 0.6) is 5.88 Å². The molecule has 0 saturated heterocycles. The molecule has 0 atom stereocenters. The molecule has 0 bridgehead atoms. The lowest BCUT2D eigenvalue weighted by atomic mass is 10.0. The Kier molecular flexibility index (Phi) is 7.20. The summed E-state index contributed by atoms with van der Waals surface area (Å²) in [6.07, 6.45) is 2.89. The number of fused-ring (bicyclic) bond motifs is 2. The number of rotatable bonds is 9. The van der Waals surface area contributed by atoms with E-state index in [1.807, 2.05) is 37.4 Å². The predicted molar refractivity (Wildman–Crippen MR) is 154 cm³/mol. The Balaban J connectivity index is 1.51. The highest BCUT2D eigenvalue weighted by Gasteiger charge is 2.24. The number of ether oxygens (including phenoxy) is 1. The van der Waals surface area contributed by atoms with Crippen molar-refractivity contribution in [1.29, 1.82) is 0 Å². The number of benzene rings is 2. The number of carbonyl (C=O) groups excluding carboxylic acids is 1. The average Bonchev–Trinajstić information content (AvgIpc) is 3.49. The minimum Gasteiger partial charge on any atom is -0.477 e. The zero-order valence-corrected chi connectivity index (χ0v) is 22.7. The zero-order valence-electron chi connectivity index (χ0n) is 22.7. The van der Waals surface area contributed by atoms with Crippen LogP contribution in [0, 0.1) is 0 Å². The Morgan fingerprint density at radius 1 is 1.13 bits per heavy atom. The number of nitrogens with one attached hydrogen (secondary N) is 2. The molecule has 0 unspecified atom stereocenters. The highest BCUT2D eigenvalue weighted by atomic mass is 16.5. The molecule has 0 radical (unpaired) electrons. The number of aryl methyl sites for hydroxylation is 1. The first kappa shape index (κ1) is 25.5. The smallest absolute Gasteiger partial charge is 0.231 e. The van der Waals surface area contributed by atoms with Gasteiger partial charge in [-0.2, -0.15) is 4.98 Å². The SMILES string of the molecule is CCN(CCN(C)C)c1ccc(Nc2nc3c(c(-c4cn(C)c5ccccc45)n2)CCO3)cc1NC(C)=O. The van der Waals surface area contributed by atoms with Crippen molar-refractivity contribution in [3.05, 3.63) is 54.2 Å². The number of likely N-dealkylation sites (N-methyl/N-ethyl adjacent to an activating group) is 2. The van der Waals surface area contributed by atoms with Gasteiger partial charge in [-0.1, -0.05) is 18.2 Å². The fourth-order valence-electron chi connectivity index (χ4n) is 4.94. The number of hydrogen-bond donors (Lipinski definition) is 2. The van der Waals surface area contributed by atoms with E-state index in [0.717, 1.165) is 70.8 Å². The molecule has 2 aromatic heterocycles. The van der Waals surface area contributed by atoms with Gasteiger partial charge in [-0.3, -0.25) is 4.79 Å². The van der Waals surface area contributed by atoms with Gasteiger partial charge in [0.1, 0.15) is 0 Å². The first-order valence-corrected chi connectivity index (χ1v) is 13.0. The molecule has 2 N–H and O–H groups in total. The van der Waals surface area contributed by atoms with E-state index in [1.165, 1.54) is 6.92 Å². The quantitative estimate of drug-likeness (QED) is 0.337. The predicted octanol–water partition coefficient (Wildman–Crippen LogP) is 4.66. The lowest BCUT2D eigenvalue weighted by molar-refractivity contribution is -0.114. The molecular weight excluding hydrogens is 478 g/mol. The lowest BCUT2D eigenvalue weighted by Gasteiger charge is -2.27. The second-order valence-electron chi connectivity index (χ2n) is 9.87. The van der Waals surface area contributed by atoms with Crippen LogP contribution in [0.3, 0.4) is 0 Å². The third kappa shape index (κ3) is 5.15.